The first-order valence-electron chi connectivity index (χ1n) is 17.8. The zero-order valence-electron chi connectivity index (χ0n) is 28.5. The van der Waals surface area contributed by atoms with Crippen molar-refractivity contribution in [2.24, 2.45) is 23.7 Å². The van der Waals surface area contributed by atoms with Crippen molar-refractivity contribution in [1.82, 2.24) is 9.62 Å². The third-order valence-electron chi connectivity index (χ3n) is 11.8. The summed E-state index contributed by atoms with van der Waals surface area (Å²) >= 11 is 6.46. The molecule has 0 unspecified atom stereocenters. The number of sulfonamides is 1. The van der Waals surface area contributed by atoms with E-state index in [1.54, 1.807) is 6.07 Å². The molecular weight excluding hydrogens is 650 g/mol. The van der Waals surface area contributed by atoms with Crippen LogP contribution < -0.4 is 14.4 Å². The summed E-state index contributed by atoms with van der Waals surface area (Å²) in [5.41, 5.74) is 3.50. The predicted molar refractivity (Wildman–Crippen MR) is 187 cm³/mol. The van der Waals surface area contributed by atoms with Crippen molar-refractivity contribution in [3.63, 3.8) is 0 Å². The van der Waals surface area contributed by atoms with Crippen LogP contribution in [0.25, 0.3) is 0 Å². The Kier molecular flexibility index (Phi) is 9.76. The van der Waals surface area contributed by atoms with Gasteiger partial charge in [0, 0.05) is 35.0 Å². The van der Waals surface area contributed by atoms with Gasteiger partial charge >= 0.3 is 0 Å². The normalized spacial score (nSPS) is 33.9. The average molecular weight is 700 g/mol. The van der Waals surface area contributed by atoms with E-state index in [0.717, 1.165) is 80.9 Å². The molecule has 2 bridgehead atoms. The number of aryl methyl sites for hydroxylation is 1. The molecule has 0 aromatic heterocycles. The number of hydrogen-bond donors (Lipinski definition) is 1. The van der Waals surface area contributed by atoms with Crippen LogP contribution in [0.1, 0.15) is 73.4 Å². The minimum atomic E-state index is -3.82. The predicted octanol–water partition coefficient (Wildman–Crippen LogP) is 5.64. The standard InChI is InChI=1S/C37H50ClN3O6S/c1-24-6-4-8-31(36-45-19-29(20-46-36)40(2)3)30-12-9-27(30)18-41-22-37(15-5-7-25-16-28(38)11-13-32(25)37)23-47-34-14-10-26(17-33(34)41)35(42)39-48(43,44)21-24/h10-11,13-14,16-17,24,27,29-31,36H,4-9,12,15,18-23H2,1-3H3,(H,39,42)/t24-,27-,29?,30+,31-,36?,37-/m0/s1. The van der Waals surface area contributed by atoms with Crippen LogP contribution in [0.5, 0.6) is 5.75 Å². The van der Waals surface area contributed by atoms with Crippen molar-refractivity contribution in [3.05, 3.63) is 58.1 Å². The topological polar surface area (TPSA) is 97.4 Å². The lowest BCUT2D eigenvalue weighted by atomic mass is 9.64. The molecule has 262 valence electrons. The second-order valence-corrected chi connectivity index (χ2v) is 17.6. The van der Waals surface area contributed by atoms with Gasteiger partial charge in [0.2, 0.25) is 10.0 Å². The van der Waals surface area contributed by atoms with Crippen LogP contribution in [-0.2, 0) is 31.3 Å². The van der Waals surface area contributed by atoms with E-state index >= 15 is 0 Å². The number of nitrogens with one attached hydrogen (secondary N) is 1. The number of ether oxygens (including phenoxy) is 3. The fraction of sp³-hybridized carbons (Fsp3) is 0.649. The van der Waals surface area contributed by atoms with Crippen molar-refractivity contribution in [1.29, 1.82) is 0 Å². The van der Waals surface area contributed by atoms with E-state index < -0.39 is 15.9 Å². The summed E-state index contributed by atoms with van der Waals surface area (Å²) in [5, 5.41) is 0.751. The SMILES string of the molecule is C[C@H]1CCC[C@H](C2OCC(N(C)C)CO2)[C@@H]2CC[C@H]2CN2C[C@@]3(CCCc4cc(Cl)ccc43)COc3ccc(cc32)C(=O)NS(=O)(=O)C1. The van der Waals surface area contributed by atoms with Gasteiger partial charge in [-0.15, -0.1) is 0 Å². The van der Waals surface area contributed by atoms with Crippen LogP contribution in [0.2, 0.25) is 5.02 Å². The molecule has 2 aliphatic carbocycles. The van der Waals surface area contributed by atoms with Crippen LogP contribution in [0.3, 0.4) is 0 Å². The van der Waals surface area contributed by atoms with E-state index in [1.807, 2.05) is 25.1 Å². The second kappa shape index (κ2) is 13.7. The number of hydrogen-bond acceptors (Lipinski definition) is 8. The van der Waals surface area contributed by atoms with E-state index in [0.29, 0.717) is 37.2 Å². The number of carbonyl (C=O) groups is 1. The summed E-state index contributed by atoms with van der Waals surface area (Å²) < 4.78 is 48.2. The third kappa shape index (κ3) is 6.97. The van der Waals surface area contributed by atoms with E-state index in [-0.39, 0.29) is 35.3 Å². The summed E-state index contributed by atoms with van der Waals surface area (Å²) in [4.78, 5) is 18.0. The zero-order valence-corrected chi connectivity index (χ0v) is 30.0. The highest BCUT2D eigenvalue weighted by Crippen LogP contribution is 2.49. The summed E-state index contributed by atoms with van der Waals surface area (Å²) in [7, 11) is 0.295. The van der Waals surface area contributed by atoms with Crippen LogP contribution >= 0.6 is 11.6 Å². The van der Waals surface area contributed by atoms with Crippen molar-refractivity contribution in [2.45, 2.75) is 76.0 Å². The van der Waals surface area contributed by atoms with Gasteiger partial charge in [0.25, 0.3) is 5.91 Å². The minimum absolute atomic E-state index is 0.0901. The first-order chi connectivity index (χ1) is 23.0. The molecule has 48 heavy (non-hydrogen) atoms. The van der Waals surface area contributed by atoms with Crippen molar-refractivity contribution in [2.75, 3.05) is 57.7 Å². The maximum Gasteiger partial charge on any atom is 0.264 e. The molecule has 1 N–H and O–H groups in total. The average Bonchev–Trinajstić information content (AvgIpc) is 3.18. The van der Waals surface area contributed by atoms with Gasteiger partial charge in [-0.3, -0.25) is 4.79 Å². The number of likely N-dealkylation sites (N-methyl/N-ethyl adjacent to an activating group) is 1. The molecule has 7 rings (SSSR count). The first-order valence-corrected chi connectivity index (χ1v) is 19.8. The third-order valence-corrected chi connectivity index (χ3v) is 13.5. The van der Waals surface area contributed by atoms with E-state index in [1.165, 1.54) is 11.1 Å². The Labute approximate surface area is 290 Å². The molecule has 3 aliphatic heterocycles. The van der Waals surface area contributed by atoms with Gasteiger partial charge in [-0.1, -0.05) is 31.0 Å². The van der Waals surface area contributed by atoms with E-state index in [9.17, 15) is 13.2 Å². The molecule has 0 radical (unpaired) electrons. The lowest BCUT2D eigenvalue weighted by Gasteiger charge is -2.49. The highest BCUT2D eigenvalue weighted by Gasteiger charge is 2.46. The van der Waals surface area contributed by atoms with Gasteiger partial charge in [0.15, 0.2) is 6.29 Å². The minimum Gasteiger partial charge on any atom is -0.490 e. The molecule has 1 saturated heterocycles. The maximum absolute atomic E-state index is 13.4. The molecule has 5 atom stereocenters. The number of rotatable bonds is 2. The molecule has 1 saturated carbocycles. The smallest absolute Gasteiger partial charge is 0.264 e. The Morgan fingerprint density at radius 1 is 1.00 bits per heavy atom. The van der Waals surface area contributed by atoms with Gasteiger partial charge in [-0.2, -0.15) is 0 Å². The van der Waals surface area contributed by atoms with Crippen molar-refractivity contribution >= 4 is 33.2 Å². The monoisotopic (exact) mass is 699 g/mol. The summed E-state index contributed by atoms with van der Waals surface area (Å²) in [6, 6.07) is 11.9. The number of nitrogens with zero attached hydrogens (tertiary/aromatic N) is 2. The molecule has 11 heteroatoms. The number of halogens is 1. The first kappa shape index (κ1) is 34.1. The molecule has 2 fully saturated rings. The molecule has 3 heterocycles. The Hall–Kier alpha value is -2.37. The van der Waals surface area contributed by atoms with Crippen molar-refractivity contribution in [3.8, 4) is 5.75 Å². The Bertz CT molecular complexity index is 1610. The van der Waals surface area contributed by atoms with Gasteiger partial charge in [0.1, 0.15) is 5.75 Å². The quantitative estimate of drug-likeness (QED) is 0.431. The molecule has 2 aromatic rings. The molecule has 9 nitrogen and oxygen atoms in total. The number of carbonyl (C=O) groups excluding carboxylic acids is 1. The number of amides is 1. The number of benzene rings is 2. The van der Waals surface area contributed by atoms with Gasteiger partial charge in [-0.05, 0) is 118 Å². The Morgan fingerprint density at radius 3 is 2.56 bits per heavy atom. The fourth-order valence-corrected chi connectivity index (χ4v) is 10.5. The molecule has 1 amide bonds. The molecule has 1 spiro atoms. The highest BCUT2D eigenvalue weighted by molar-refractivity contribution is 7.90. The summed E-state index contributed by atoms with van der Waals surface area (Å²) in [5.74, 6) is 1.01. The second-order valence-electron chi connectivity index (χ2n) is 15.4. The Balaban J connectivity index is 1.25. The molecule has 2 aromatic carbocycles. The van der Waals surface area contributed by atoms with Crippen LogP contribution in [0.4, 0.5) is 5.69 Å². The fourth-order valence-electron chi connectivity index (χ4n) is 8.93. The van der Waals surface area contributed by atoms with Gasteiger partial charge < -0.3 is 24.0 Å². The van der Waals surface area contributed by atoms with E-state index in [2.05, 4.69) is 40.7 Å². The zero-order chi connectivity index (χ0) is 33.6. The lowest BCUT2D eigenvalue weighted by Crippen LogP contribution is -2.52. The maximum atomic E-state index is 13.4. The van der Waals surface area contributed by atoms with Crippen molar-refractivity contribution < 1.29 is 27.4 Å². The molecule has 5 aliphatic rings. The summed E-state index contributed by atoms with van der Waals surface area (Å²) in [6.45, 7) is 5.32. The largest absolute Gasteiger partial charge is 0.490 e. The Morgan fingerprint density at radius 2 is 1.81 bits per heavy atom. The van der Waals surface area contributed by atoms with E-state index in [4.69, 9.17) is 25.8 Å². The van der Waals surface area contributed by atoms with Crippen LogP contribution in [-0.4, -0.2) is 84.3 Å². The van der Waals surface area contributed by atoms with Crippen LogP contribution in [0.15, 0.2) is 36.4 Å². The summed E-state index contributed by atoms with van der Waals surface area (Å²) in [6.07, 6.45) is 7.54. The van der Waals surface area contributed by atoms with Crippen LogP contribution in [0, 0.1) is 23.7 Å². The number of anilines is 1. The number of fused-ring (bicyclic) bond motifs is 4. The highest BCUT2D eigenvalue weighted by atomic mass is 35.5. The lowest BCUT2D eigenvalue weighted by molar-refractivity contribution is -0.240. The van der Waals surface area contributed by atoms with Gasteiger partial charge in [0.05, 0.1) is 37.3 Å². The van der Waals surface area contributed by atoms with Gasteiger partial charge in [-0.25, -0.2) is 13.1 Å². The molecular formula is C37H50ClN3O6S.